The van der Waals surface area contributed by atoms with Gasteiger partial charge in [0.15, 0.2) is 0 Å². The van der Waals surface area contributed by atoms with Gasteiger partial charge in [0.2, 0.25) is 0 Å². The van der Waals surface area contributed by atoms with E-state index in [-0.39, 0.29) is 0 Å². The van der Waals surface area contributed by atoms with Crippen LogP contribution in [0.25, 0.3) is 11.1 Å². The molecule has 0 aromatic heterocycles. The second-order valence-corrected chi connectivity index (χ2v) is 4.92. The van der Waals surface area contributed by atoms with Crippen molar-refractivity contribution in [2.45, 2.75) is 32.6 Å². The van der Waals surface area contributed by atoms with Gasteiger partial charge in [-0.1, -0.05) is 74.4 Å². The van der Waals surface area contributed by atoms with E-state index < -0.39 is 0 Å². The van der Waals surface area contributed by atoms with Gasteiger partial charge < -0.3 is 0 Å². The van der Waals surface area contributed by atoms with E-state index >= 15 is 0 Å². The third-order valence-corrected chi connectivity index (χ3v) is 3.47. The van der Waals surface area contributed by atoms with Crippen molar-refractivity contribution in [3.63, 3.8) is 0 Å². The van der Waals surface area contributed by atoms with Crippen LogP contribution in [-0.2, 0) is 6.42 Å². The van der Waals surface area contributed by atoms with Crippen molar-refractivity contribution in [2.75, 3.05) is 0 Å². The maximum absolute atomic E-state index is 3.60. The molecule has 2 aromatic carbocycles. The summed E-state index contributed by atoms with van der Waals surface area (Å²) < 4.78 is 0. The van der Waals surface area contributed by atoms with Crippen molar-refractivity contribution in [1.82, 2.24) is 0 Å². The lowest BCUT2D eigenvalue weighted by molar-refractivity contribution is 0.816. The molecule has 0 heteroatoms. The molecule has 0 saturated heterocycles. The summed E-state index contributed by atoms with van der Waals surface area (Å²) in [6.45, 7) is 5.78. The summed E-state index contributed by atoms with van der Waals surface area (Å²) in [7, 11) is 0. The van der Waals surface area contributed by atoms with Crippen LogP contribution in [-0.4, -0.2) is 0 Å². The van der Waals surface area contributed by atoms with Crippen molar-refractivity contribution >= 4 is 0 Å². The molecule has 0 spiro atoms. The molecule has 0 nitrogen and oxygen atoms in total. The first kappa shape index (κ1) is 13.6. The standard InChI is InChI=1S/C13H10.C6H12/c1-3-7-12-10(5-1)9-11-6-2-4-8-13(11)12;1-3-5-6-4-2/h1-8H,9H2;3H,1,4-6H2,2H3. The zero-order chi connectivity index (χ0) is 13.5. The summed E-state index contributed by atoms with van der Waals surface area (Å²) in [6, 6.07) is 17.3. The van der Waals surface area contributed by atoms with E-state index in [1.165, 1.54) is 41.5 Å². The number of fused-ring (bicyclic) bond motifs is 3. The van der Waals surface area contributed by atoms with Gasteiger partial charge in [-0.05, 0) is 35.1 Å². The van der Waals surface area contributed by atoms with Gasteiger partial charge in [0.05, 0.1) is 0 Å². The molecule has 0 N–H and O–H groups in total. The fourth-order valence-electron chi connectivity index (χ4n) is 2.43. The molecule has 2 aromatic rings. The molecule has 19 heavy (non-hydrogen) atoms. The quantitative estimate of drug-likeness (QED) is 0.418. The minimum Gasteiger partial charge on any atom is -0.103 e. The maximum Gasteiger partial charge on any atom is -0.00135 e. The summed E-state index contributed by atoms with van der Waals surface area (Å²) in [4.78, 5) is 0. The number of unbranched alkanes of at least 4 members (excludes halogenated alkanes) is 2. The van der Waals surface area contributed by atoms with Crippen molar-refractivity contribution in [2.24, 2.45) is 0 Å². The fraction of sp³-hybridized carbons (Fsp3) is 0.263. The lowest BCUT2D eigenvalue weighted by atomic mass is 10.1. The molecular formula is C19H22. The van der Waals surface area contributed by atoms with Gasteiger partial charge in [-0.25, -0.2) is 0 Å². The van der Waals surface area contributed by atoms with Crippen LogP contribution in [0.1, 0.15) is 37.3 Å². The van der Waals surface area contributed by atoms with E-state index in [2.05, 4.69) is 62.0 Å². The first-order chi connectivity index (χ1) is 9.36. The molecule has 98 valence electrons. The molecule has 0 bridgehead atoms. The molecule has 0 atom stereocenters. The summed E-state index contributed by atoms with van der Waals surface area (Å²) in [5.74, 6) is 0. The summed E-state index contributed by atoms with van der Waals surface area (Å²) in [5.41, 5.74) is 5.75. The molecule has 0 saturated carbocycles. The Morgan fingerprint density at radius 1 is 0.947 bits per heavy atom. The second kappa shape index (κ2) is 6.94. The molecule has 0 aliphatic heterocycles. The largest absolute Gasteiger partial charge is 0.103 e. The highest BCUT2D eigenvalue weighted by Crippen LogP contribution is 2.35. The highest BCUT2D eigenvalue weighted by Gasteiger charge is 2.15. The second-order valence-electron chi connectivity index (χ2n) is 4.92. The van der Waals surface area contributed by atoms with Crippen LogP contribution >= 0.6 is 0 Å². The normalized spacial score (nSPS) is 11.0. The van der Waals surface area contributed by atoms with Crippen LogP contribution in [0, 0.1) is 0 Å². The summed E-state index contributed by atoms with van der Waals surface area (Å²) in [5, 5.41) is 0. The number of rotatable bonds is 3. The Bertz CT molecular complexity index is 494. The minimum absolute atomic E-state index is 1.10. The van der Waals surface area contributed by atoms with Gasteiger partial charge in [-0.3, -0.25) is 0 Å². The zero-order valence-electron chi connectivity index (χ0n) is 11.7. The van der Waals surface area contributed by atoms with Crippen LogP contribution in [0.5, 0.6) is 0 Å². The third kappa shape index (κ3) is 3.35. The zero-order valence-corrected chi connectivity index (χ0v) is 11.7. The summed E-state index contributed by atoms with van der Waals surface area (Å²) in [6.07, 6.45) is 6.82. The van der Waals surface area contributed by atoms with Crippen molar-refractivity contribution < 1.29 is 0 Å². The van der Waals surface area contributed by atoms with Crippen LogP contribution in [0.4, 0.5) is 0 Å². The Balaban J connectivity index is 0.000000192. The van der Waals surface area contributed by atoms with Gasteiger partial charge in [0, 0.05) is 0 Å². The average Bonchev–Trinajstić information content (AvgIpc) is 2.84. The summed E-state index contributed by atoms with van der Waals surface area (Å²) >= 11 is 0. The number of hydrogen-bond donors (Lipinski definition) is 0. The van der Waals surface area contributed by atoms with E-state index in [1.54, 1.807) is 0 Å². The molecular weight excluding hydrogens is 228 g/mol. The Kier molecular flexibility index (Phi) is 4.97. The van der Waals surface area contributed by atoms with Crippen LogP contribution in [0.3, 0.4) is 0 Å². The first-order valence-corrected chi connectivity index (χ1v) is 7.14. The van der Waals surface area contributed by atoms with E-state index in [0.29, 0.717) is 0 Å². The van der Waals surface area contributed by atoms with Gasteiger partial charge in [-0.2, -0.15) is 0 Å². The molecule has 0 amide bonds. The minimum atomic E-state index is 1.10. The van der Waals surface area contributed by atoms with E-state index in [4.69, 9.17) is 0 Å². The smallest absolute Gasteiger partial charge is 0.00135 e. The Labute approximate surface area is 116 Å². The van der Waals surface area contributed by atoms with Crippen LogP contribution in [0.2, 0.25) is 0 Å². The van der Waals surface area contributed by atoms with Gasteiger partial charge in [0.1, 0.15) is 0 Å². The topological polar surface area (TPSA) is 0 Å². The van der Waals surface area contributed by atoms with Gasteiger partial charge in [-0.15, -0.1) is 6.58 Å². The van der Waals surface area contributed by atoms with Crippen molar-refractivity contribution in [3.8, 4) is 11.1 Å². The predicted molar refractivity (Wildman–Crippen MR) is 84.4 cm³/mol. The molecule has 0 fully saturated rings. The Morgan fingerprint density at radius 2 is 1.47 bits per heavy atom. The highest BCUT2D eigenvalue weighted by atomic mass is 14.2. The fourth-order valence-corrected chi connectivity index (χ4v) is 2.43. The third-order valence-electron chi connectivity index (χ3n) is 3.47. The van der Waals surface area contributed by atoms with Crippen LogP contribution in [0.15, 0.2) is 61.2 Å². The average molecular weight is 250 g/mol. The highest BCUT2D eigenvalue weighted by molar-refractivity contribution is 5.76. The number of hydrogen-bond acceptors (Lipinski definition) is 0. The maximum atomic E-state index is 3.60. The lowest BCUT2D eigenvalue weighted by Gasteiger charge is -1.98. The molecule has 3 rings (SSSR count). The lowest BCUT2D eigenvalue weighted by Crippen LogP contribution is -1.77. The van der Waals surface area contributed by atoms with Crippen molar-refractivity contribution in [1.29, 1.82) is 0 Å². The molecule has 1 aliphatic carbocycles. The molecule has 0 radical (unpaired) electrons. The molecule has 0 heterocycles. The van der Waals surface area contributed by atoms with E-state index in [1.807, 2.05) is 6.08 Å². The van der Waals surface area contributed by atoms with Gasteiger partial charge in [0.25, 0.3) is 0 Å². The molecule has 0 unspecified atom stereocenters. The van der Waals surface area contributed by atoms with E-state index in [0.717, 1.165) is 6.42 Å². The van der Waals surface area contributed by atoms with E-state index in [9.17, 15) is 0 Å². The first-order valence-electron chi connectivity index (χ1n) is 7.14. The Hall–Kier alpha value is -1.82. The number of allylic oxidation sites excluding steroid dienone is 1. The SMILES string of the molecule is C=CCCCC.c1ccc2c(c1)Cc1ccccc1-2. The van der Waals surface area contributed by atoms with Gasteiger partial charge >= 0.3 is 0 Å². The monoisotopic (exact) mass is 250 g/mol. The molecule has 1 aliphatic rings. The number of benzene rings is 2. The van der Waals surface area contributed by atoms with Crippen molar-refractivity contribution in [3.05, 3.63) is 72.3 Å². The Morgan fingerprint density at radius 3 is 1.89 bits per heavy atom. The predicted octanol–water partition coefficient (Wildman–Crippen LogP) is 5.62. The van der Waals surface area contributed by atoms with Crippen LogP contribution < -0.4 is 0 Å².